The highest BCUT2D eigenvalue weighted by molar-refractivity contribution is 5.82. The van der Waals surface area contributed by atoms with E-state index in [4.69, 9.17) is 4.74 Å². The molecule has 0 N–H and O–H groups in total. The highest BCUT2D eigenvalue weighted by Gasteiger charge is 2.31. The molecule has 3 nitrogen and oxygen atoms in total. The molecule has 24 heavy (non-hydrogen) atoms. The summed E-state index contributed by atoms with van der Waals surface area (Å²) < 4.78 is 41.5. The minimum atomic E-state index is -4.29. The molecule has 0 atom stereocenters. The summed E-state index contributed by atoms with van der Waals surface area (Å²) in [6, 6.07) is 0. The quantitative estimate of drug-likeness (QED) is 0.739. The summed E-state index contributed by atoms with van der Waals surface area (Å²) in [6.07, 6.45) is 6.12. The van der Waals surface area contributed by atoms with Crippen LogP contribution in [0.4, 0.5) is 13.2 Å². The molecule has 0 aromatic rings. The number of hydrogen-bond acceptors (Lipinski definition) is 3. The van der Waals surface area contributed by atoms with Crippen LogP contribution in [0, 0.1) is 5.92 Å². The number of ether oxygens (including phenoxy) is 1. The fourth-order valence-electron chi connectivity index (χ4n) is 4.00. The van der Waals surface area contributed by atoms with Gasteiger partial charge in [-0.25, -0.2) is 4.99 Å². The Bertz CT molecular complexity index is 493. The molecule has 0 radical (unpaired) electrons. The molecule has 0 unspecified atom stereocenters. The lowest BCUT2D eigenvalue weighted by Gasteiger charge is -2.26. The Labute approximate surface area is 142 Å². The Morgan fingerprint density at radius 1 is 1.08 bits per heavy atom. The van der Waals surface area contributed by atoms with Crippen LogP contribution in [0.25, 0.3) is 0 Å². The van der Waals surface area contributed by atoms with E-state index in [0.29, 0.717) is 6.42 Å². The molecule has 3 aliphatic rings. The summed E-state index contributed by atoms with van der Waals surface area (Å²) in [5.74, 6) is 1.13. The lowest BCUT2D eigenvalue weighted by Crippen LogP contribution is -2.28. The standard InChI is InChI=1S/C18H27F3N2O/c19-18(20,21)13-24-17-12-15-7-10-23(11-8-16(15)22-17)9-6-14-4-2-1-3-5-14/h14H,1-13H2. The van der Waals surface area contributed by atoms with Crippen molar-refractivity contribution in [1.29, 1.82) is 0 Å². The molecule has 0 aromatic carbocycles. The maximum atomic E-state index is 12.2. The van der Waals surface area contributed by atoms with E-state index in [0.717, 1.165) is 44.1 Å². The lowest BCUT2D eigenvalue weighted by atomic mass is 9.87. The summed E-state index contributed by atoms with van der Waals surface area (Å²) in [4.78, 5) is 6.80. The molecule has 0 spiro atoms. The topological polar surface area (TPSA) is 24.8 Å². The van der Waals surface area contributed by atoms with Gasteiger partial charge in [0.15, 0.2) is 12.5 Å². The second-order valence-corrected chi connectivity index (χ2v) is 7.27. The maximum absolute atomic E-state index is 12.2. The van der Waals surface area contributed by atoms with Crippen molar-refractivity contribution in [2.45, 2.75) is 64.0 Å². The molecule has 0 saturated heterocycles. The predicted octanol–water partition coefficient (Wildman–Crippen LogP) is 4.69. The van der Waals surface area contributed by atoms with E-state index in [9.17, 15) is 13.2 Å². The SMILES string of the molecule is FC(F)(F)COC1=NC2=C(CCN(CCC3CCCCC3)CC2)C1. The summed E-state index contributed by atoms with van der Waals surface area (Å²) in [5.41, 5.74) is 2.14. The van der Waals surface area contributed by atoms with E-state index in [1.165, 1.54) is 44.1 Å². The van der Waals surface area contributed by atoms with Gasteiger partial charge in [0, 0.05) is 31.6 Å². The first-order chi connectivity index (χ1) is 11.5. The fraction of sp³-hybridized carbons (Fsp3) is 0.833. The van der Waals surface area contributed by atoms with Crippen molar-refractivity contribution in [3.8, 4) is 0 Å². The molecule has 6 heteroatoms. The summed E-state index contributed by atoms with van der Waals surface area (Å²) in [7, 11) is 0. The molecule has 136 valence electrons. The number of alkyl halides is 3. The van der Waals surface area contributed by atoms with E-state index in [1.807, 2.05) is 0 Å². The molecule has 3 rings (SSSR count). The van der Waals surface area contributed by atoms with Crippen LogP contribution < -0.4 is 0 Å². The van der Waals surface area contributed by atoms with Gasteiger partial charge in [0.2, 0.25) is 0 Å². The Hall–Kier alpha value is -1.04. The van der Waals surface area contributed by atoms with Gasteiger partial charge in [-0.15, -0.1) is 0 Å². The lowest BCUT2D eigenvalue weighted by molar-refractivity contribution is -0.156. The van der Waals surface area contributed by atoms with Gasteiger partial charge in [-0.05, 0) is 30.9 Å². The molecule has 0 bridgehead atoms. The van der Waals surface area contributed by atoms with Crippen LogP contribution >= 0.6 is 0 Å². The van der Waals surface area contributed by atoms with Gasteiger partial charge in [-0.3, -0.25) is 0 Å². The van der Waals surface area contributed by atoms with Crippen LogP contribution in [0.5, 0.6) is 0 Å². The van der Waals surface area contributed by atoms with Crippen molar-refractivity contribution in [1.82, 2.24) is 4.90 Å². The van der Waals surface area contributed by atoms with Crippen molar-refractivity contribution in [2.75, 3.05) is 26.2 Å². The van der Waals surface area contributed by atoms with Gasteiger partial charge in [0.05, 0.1) is 0 Å². The average Bonchev–Trinajstić information content (AvgIpc) is 2.85. The Kier molecular flexibility index (Phi) is 5.85. The van der Waals surface area contributed by atoms with Crippen molar-refractivity contribution >= 4 is 5.90 Å². The van der Waals surface area contributed by atoms with Gasteiger partial charge >= 0.3 is 6.18 Å². The van der Waals surface area contributed by atoms with Crippen LogP contribution in [-0.4, -0.2) is 43.2 Å². The van der Waals surface area contributed by atoms with Gasteiger partial charge in [-0.1, -0.05) is 32.1 Å². The van der Waals surface area contributed by atoms with Crippen molar-refractivity contribution in [3.05, 3.63) is 11.3 Å². The number of nitrogens with zero attached hydrogens (tertiary/aromatic N) is 2. The number of halogens is 3. The van der Waals surface area contributed by atoms with Gasteiger partial charge < -0.3 is 9.64 Å². The van der Waals surface area contributed by atoms with Crippen molar-refractivity contribution in [3.63, 3.8) is 0 Å². The van der Waals surface area contributed by atoms with Crippen LogP contribution in [0.2, 0.25) is 0 Å². The zero-order valence-electron chi connectivity index (χ0n) is 14.2. The largest absolute Gasteiger partial charge is 0.471 e. The third-order valence-corrected chi connectivity index (χ3v) is 5.41. The first-order valence-electron chi connectivity index (χ1n) is 9.20. The fourth-order valence-corrected chi connectivity index (χ4v) is 4.00. The summed E-state index contributed by atoms with van der Waals surface area (Å²) in [5, 5.41) is 0. The van der Waals surface area contributed by atoms with Gasteiger partial charge in [0.1, 0.15) is 0 Å². The zero-order chi connectivity index (χ0) is 17.0. The molecular formula is C18H27F3N2O. The van der Waals surface area contributed by atoms with E-state index < -0.39 is 12.8 Å². The van der Waals surface area contributed by atoms with Crippen molar-refractivity contribution < 1.29 is 17.9 Å². The van der Waals surface area contributed by atoms with E-state index >= 15 is 0 Å². The van der Waals surface area contributed by atoms with Crippen LogP contribution in [0.15, 0.2) is 16.3 Å². The second-order valence-electron chi connectivity index (χ2n) is 7.27. The molecular weight excluding hydrogens is 317 g/mol. The molecule has 1 fully saturated rings. The predicted molar refractivity (Wildman–Crippen MR) is 88.0 cm³/mol. The first-order valence-corrected chi connectivity index (χ1v) is 9.20. The van der Waals surface area contributed by atoms with Gasteiger partial charge in [-0.2, -0.15) is 13.2 Å². The van der Waals surface area contributed by atoms with E-state index in [-0.39, 0.29) is 5.90 Å². The third kappa shape index (κ3) is 5.23. The Balaban J connectivity index is 1.42. The number of aliphatic imine (C=N–C) groups is 1. The number of hydrogen-bond donors (Lipinski definition) is 0. The average molecular weight is 344 g/mol. The normalized spacial score (nSPS) is 23.9. The third-order valence-electron chi connectivity index (χ3n) is 5.41. The molecule has 2 heterocycles. The molecule has 1 saturated carbocycles. The van der Waals surface area contributed by atoms with Crippen LogP contribution in [0.3, 0.4) is 0 Å². The van der Waals surface area contributed by atoms with Crippen molar-refractivity contribution in [2.24, 2.45) is 10.9 Å². The smallest absolute Gasteiger partial charge is 0.422 e. The highest BCUT2D eigenvalue weighted by atomic mass is 19.4. The highest BCUT2D eigenvalue weighted by Crippen LogP contribution is 2.31. The van der Waals surface area contributed by atoms with E-state index in [1.54, 1.807) is 0 Å². The molecule has 0 amide bonds. The number of rotatable bonds is 4. The molecule has 2 aliphatic heterocycles. The Morgan fingerprint density at radius 3 is 2.58 bits per heavy atom. The second kappa shape index (κ2) is 7.89. The zero-order valence-corrected chi connectivity index (χ0v) is 14.2. The summed E-state index contributed by atoms with van der Waals surface area (Å²) in [6.45, 7) is 1.86. The van der Waals surface area contributed by atoms with Crippen LogP contribution in [0.1, 0.15) is 57.8 Å². The first kappa shape index (κ1) is 17.8. The van der Waals surface area contributed by atoms with E-state index in [2.05, 4.69) is 9.89 Å². The molecule has 0 aromatic heterocycles. The van der Waals surface area contributed by atoms with Crippen LogP contribution in [-0.2, 0) is 4.74 Å². The minimum absolute atomic E-state index is 0.244. The van der Waals surface area contributed by atoms with Gasteiger partial charge in [0.25, 0.3) is 0 Å². The monoisotopic (exact) mass is 344 g/mol. The molecule has 1 aliphatic carbocycles. The summed E-state index contributed by atoms with van der Waals surface area (Å²) >= 11 is 0. The maximum Gasteiger partial charge on any atom is 0.422 e. The minimum Gasteiger partial charge on any atom is -0.471 e. The Morgan fingerprint density at radius 2 is 1.83 bits per heavy atom.